The average Bonchev–Trinajstić information content (AvgIpc) is 2.99. The van der Waals surface area contributed by atoms with E-state index in [1.807, 2.05) is 0 Å². The van der Waals surface area contributed by atoms with Crippen molar-refractivity contribution in [2.45, 2.75) is 13.5 Å². The van der Waals surface area contributed by atoms with Crippen molar-refractivity contribution in [3.63, 3.8) is 0 Å². The zero-order valence-corrected chi connectivity index (χ0v) is 13.7. The van der Waals surface area contributed by atoms with Gasteiger partial charge in [-0.3, -0.25) is 14.7 Å². The normalized spacial score (nSPS) is 10.3. The van der Waals surface area contributed by atoms with E-state index in [-0.39, 0.29) is 12.2 Å². The number of aryl methyl sites for hydroxylation is 1. The van der Waals surface area contributed by atoms with Gasteiger partial charge in [-0.05, 0) is 30.7 Å². The topological polar surface area (TPSA) is 105 Å². The fourth-order valence-electron chi connectivity index (χ4n) is 2.23. The van der Waals surface area contributed by atoms with E-state index in [4.69, 9.17) is 14.6 Å². The number of nitrogens with zero attached hydrogens (tertiary/aromatic N) is 2. The number of ether oxygens (including phenoxy) is 2. The highest BCUT2D eigenvalue weighted by Gasteiger charge is 2.21. The number of H-pyrrole nitrogens is 1. The third-order valence-corrected chi connectivity index (χ3v) is 3.32. The molecule has 1 amide bonds. The average molecular weight is 333 g/mol. The highest BCUT2D eigenvalue weighted by Crippen LogP contribution is 2.23. The largest absolute Gasteiger partial charge is 0.497 e. The van der Waals surface area contributed by atoms with Crippen LogP contribution in [0.15, 0.2) is 24.3 Å². The highest BCUT2D eigenvalue weighted by atomic mass is 16.5. The Hall–Kier alpha value is -3.03. The maximum Gasteiger partial charge on any atom is 0.323 e. The number of hydrogen-bond acceptors (Lipinski definition) is 5. The van der Waals surface area contributed by atoms with Gasteiger partial charge in [0.25, 0.3) is 5.91 Å². The third kappa shape index (κ3) is 4.25. The molecule has 0 radical (unpaired) electrons. The first-order chi connectivity index (χ1) is 11.4. The molecule has 2 aromatic rings. The van der Waals surface area contributed by atoms with Gasteiger partial charge in [-0.1, -0.05) is 0 Å². The quantitative estimate of drug-likeness (QED) is 0.795. The molecule has 0 bridgehead atoms. The van der Waals surface area contributed by atoms with E-state index >= 15 is 0 Å². The first-order valence-electron chi connectivity index (χ1n) is 7.18. The number of carbonyl (C=O) groups excluding carboxylic acids is 1. The molecule has 8 heteroatoms. The van der Waals surface area contributed by atoms with Crippen molar-refractivity contribution >= 4 is 11.9 Å². The second-order valence-electron chi connectivity index (χ2n) is 5.21. The second-order valence-corrected chi connectivity index (χ2v) is 5.21. The smallest absolute Gasteiger partial charge is 0.323 e. The molecule has 0 aliphatic heterocycles. The minimum Gasteiger partial charge on any atom is -0.497 e. The van der Waals surface area contributed by atoms with Gasteiger partial charge in [0.15, 0.2) is 0 Å². The van der Waals surface area contributed by atoms with Crippen LogP contribution in [0, 0.1) is 6.92 Å². The van der Waals surface area contributed by atoms with Crippen LogP contribution < -0.4 is 9.47 Å². The number of carbonyl (C=O) groups is 2. The SMILES string of the molecule is COc1cc(CN(CC(=O)O)C(=O)c2cc(C)[nH]n2)cc(OC)c1. The van der Waals surface area contributed by atoms with Gasteiger partial charge in [0, 0.05) is 18.3 Å². The van der Waals surface area contributed by atoms with Crippen LogP contribution in [0.25, 0.3) is 0 Å². The summed E-state index contributed by atoms with van der Waals surface area (Å²) in [5, 5.41) is 15.7. The van der Waals surface area contributed by atoms with E-state index in [0.29, 0.717) is 17.1 Å². The number of methoxy groups -OCH3 is 2. The number of aliphatic carboxylic acids is 1. The molecule has 8 nitrogen and oxygen atoms in total. The Kier molecular flexibility index (Phi) is 5.41. The lowest BCUT2D eigenvalue weighted by Crippen LogP contribution is -2.35. The number of aromatic nitrogens is 2. The zero-order chi connectivity index (χ0) is 17.7. The van der Waals surface area contributed by atoms with Crippen LogP contribution in [0.2, 0.25) is 0 Å². The van der Waals surface area contributed by atoms with Crippen molar-refractivity contribution in [1.29, 1.82) is 0 Å². The predicted molar refractivity (Wildman–Crippen MR) is 85.2 cm³/mol. The van der Waals surface area contributed by atoms with Crippen molar-refractivity contribution in [1.82, 2.24) is 15.1 Å². The number of rotatable bonds is 7. The van der Waals surface area contributed by atoms with Gasteiger partial charge in [-0.25, -0.2) is 0 Å². The Balaban J connectivity index is 2.28. The van der Waals surface area contributed by atoms with Gasteiger partial charge in [0.1, 0.15) is 23.7 Å². The lowest BCUT2D eigenvalue weighted by molar-refractivity contribution is -0.137. The highest BCUT2D eigenvalue weighted by molar-refractivity contribution is 5.94. The Morgan fingerprint density at radius 1 is 1.17 bits per heavy atom. The lowest BCUT2D eigenvalue weighted by atomic mass is 10.1. The molecule has 0 atom stereocenters. The maximum absolute atomic E-state index is 12.5. The minimum atomic E-state index is -1.11. The molecule has 0 unspecified atom stereocenters. The minimum absolute atomic E-state index is 0.0879. The van der Waals surface area contributed by atoms with Crippen molar-refractivity contribution < 1.29 is 24.2 Å². The standard InChI is InChI=1S/C16H19N3O5/c1-10-4-14(18-17-10)16(22)19(9-15(20)21)8-11-5-12(23-2)7-13(6-11)24-3/h4-7H,8-9H2,1-3H3,(H,17,18)(H,20,21). The zero-order valence-electron chi connectivity index (χ0n) is 13.7. The summed E-state index contributed by atoms with van der Waals surface area (Å²) in [6, 6.07) is 6.72. The Labute approximate surface area is 139 Å². The summed E-state index contributed by atoms with van der Waals surface area (Å²) in [5.74, 6) is -0.459. The Morgan fingerprint density at radius 2 is 1.79 bits per heavy atom. The number of benzene rings is 1. The van der Waals surface area contributed by atoms with Gasteiger partial charge in [-0.2, -0.15) is 5.10 Å². The van der Waals surface area contributed by atoms with Crippen LogP contribution in [-0.2, 0) is 11.3 Å². The summed E-state index contributed by atoms with van der Waals surface area (Å²) >= 11 is 0. The lowest BCUT2D eigenvalue weighted by Gasteiger charge is -2.20. The molecular weight excluding hydrogens is 314 g/mol. The number of carboxylic acid groups (broad SMARTS) is 1. The second kappa shape index (κ2) is 7.49. The van der Waals surface area contributed by atoms with Crippen LogP contribution in [0.1, 0.15) is 21.7 Å². The molecule has 0 spiro atoms. The molecule has 0 saturated carbocycles. The van der Waals surface area contributed by atoms with Crippen LogP contribution in [0.3, 0.4) is 0 Å². The summed E-state index contributed by atoms with van der Waals surface area (Å²) in [6.45, 7) is 1.41. The van der Waals surface area contributed by atoms with E-state index < -0.39 is 18.4 Å². The number of aromatic amines is 1. The molecule has 1 aromatic carbocycles. The number of nitrogens with one attached hydrogen (secondary N) is 1. The van der Waals surface area contributed by atoms with E-state index in [9.17, 15) is 9.59 Å². The van der Waals surface area contributed by atoms with E-state index in [2.05, 4.69) is 10.2 Å². The molecule has 0 aliphatic carbocycles. The number of carboxylic acids is 1. The fraction of sp³-hybridized carbons (Fsp3) is 0.312. The van der Waals surface area contributed by atoms with Crippen LogP contribution >= 0.6 is 0 Å². The van der Waals surface area contributed by atoms with Gasteiger partial charge >= 0.3 is 5.97 Å². The van der Waals surface area contributed by atoms with Gasteiger partial charge in [0.2, 0.25) is 0 Å². The molecule has 0 saturated heterocycles. The Morgan fingerprint density at radius 3 is 2.25 bits per heavy atom. The van der Waals surface area contributed by atoms with Gasteiger partial charge in [-0.15, -0.1) is 0 Å². The maximum atomic E-state index is 12.5. The van der Waals surface area contributed by atoms with Crippen LogP contribution in [-0.4, -0.2) is 52.8 Å². The van der Waals surface area contributed by atoms with Gasteiger partial charge < -0.3 is 19.5 Å². The van der Waals surface area contributed by atoms with Crippen molar-refractivity contribution in [3.8, 4) is 11.5 Å². The first-order valence-corrected chi connectivity index (χ1v) is 7.18. The molecular formula is C16H19N3O5. The van der Waals surface area contributed by atoms with Crippen molar-refractivity contribution in [2.24, 2.45) is 0 Å². The summed E-state index contributed by atoms with van der Waals surface area (Å²) in [4.78, 5) is 24.8. The number of amides is 1. The summed E-state index contributed by atoms with van der Waals surface area (Å²) < 4.78 is 10.4. The summed E-state index contributed by atoms with van der Waals surface area (Å²) in [7, 11) is 3.04. The van der Waals surface area contributed by atoms with Gasteiger partial charge in [0.05, 0.1) is 14.2 Å². The molecule has 128 valence electrons. The van der Waals surface area contributed by atoms with Crippen LogP contribution in [0.5, 0.6) is 11.5 Å². The van der Waals surface area contributed by atoms with E-state index in [0.717, 1.165) is 5.69 Å². The molecule has 1 aromatic heterocycles. The predicted octanol–water partition coefficient (Wildman–Crippen LogP) is 1.46. The van der Waals surface area contributed by atoms with Crippen molar-refractivity contribution in [3.05, 3.63) is 41.2 Å². The molecule has 2 rings (SSSR count). The van der Waals surface area contributed by atoms with E-state index in [1.165, 1.54) is 19.1 Å². The first kappa shape index (κ1) is 17.3. The molecule has 24 heavy (non-hydrogen) atoms. The summed E-state index contributed by atoms with van der Waals surface area (Å²) in [6.07, 6.45) is 0. The fourth-order valence-corrected chi connectivity index (χ4v) is 2.23. The van der Waals surface area contributed by atoms with Crippen LogP contribution in [0.4, 0.5) is 0 Å². The number of hydrogen-bond donors (Lipinski definition) is 2. The molecule has 1 heterocycles. The van der Waals surface area contributed by atoms with E-state index in [1.54, 1.807) is 31.2 Å². The Bertz CT molecular complexity index is 719. The molecule has 2 N–H and O–H groups in total. The third-order valence-electron chi connectivity index (χ3n) is 3.32. The van der Waals surface area contributed by atoms with Crippen molar-refractivity contribution in [2.75, 3.05) is 20.8 Å². The molecule has 0 aliphatic rings. The monoisotopic (exact) mass is 333 g/mol. The molecule has 0 fully saturated rings. The summed E-state index contributed by atoms with van der Waals surface area (Å²) in [5.41, 5.74) is 1.58.